The molecular weight excluding hydrogens is 439 g/mol. The molecule has 6 nitrogen and oxygen atoms in total. The number of para-hydroxylation sites is 2. The van der Waals surface area contributed by atoms with Gasteiger partial charge in [0.05, 0.1) is 24.7 Å². The van der Waals surface area contributed by atoms with E-state index in [9.17, 15) is 8.68 Å². The second-order valence-corrected chi connectivity index (χ2v) is 9.61. The zero-order valence-electron chi connectivity index (χ0n) is 19.2. The van der Waals surface area contributed by atoms with Gasteiger partial charge in [0.25, 0.3) is 0 Å². The molecule has 0 radical (unpaired) electrons. The monoisotopic (exact) mass is 472 g/mol. The number of hydrogen-bond acceptors (Lipinski definition) is 6. The molecule has 0 bridgehead atoms. The molecule has 2 fully saturated rings. The van der Waals surface area contributed by atoms with Crippen LogP contribution in [0.2, 0.25) is 0 Å². The molecule has 4 rings (SSSR count). The Balaban J connectivity index is 1.35. The molecule has 1 aliphatic carbocycles. The van der Waals surface area contributed by atoms with Crippen LogP contribution in [0, 0.1) is 5.92 Å². The Morgan fingerprint density at radius 1 is 1.12 bits per heavy atom. The van der Waals surface area contributed by atoms with Crippen LogP contribution in [0.15, 0.2) is 48.8 Å². The molecular formula is C25H33FN4O2S. The largest absolute Gasteiger partial charge is 0.495 e. The van der Waals surface area contributed by atoms with Gasteiger partial charge in [0.2, 0.25) is 5.91 Å². The maximum Gasteiger partial charge on any atom is 0.230 e. The number of pyridine rings is 1. The first-order valence-corrected chi connectivity index (χ1v) is 12.6. The van der Waals surface area contributed by atoms with E-state index in [0.29, 0.717) is 18.7 Å². The van der Waals surface area contributed by atoms with Gasteiger partial charge >= 0.3 is 0 Å². The molecule has 0 atom stereocenters. The van der Waals surface area contributed by atoms with Crippen molar-refractivity contribution in [2.45, 2.75) is 30.9 Å². The lowest BCUT2D eigenvalue weighted by Crippen LogP contribution is -2.49. The van der Waals surface area contributed by atoms with Crippen molar-refractivity contribution in [1.82, 2.24) is 9.88 Å². The third-order valence-corrected chi connectivity index (χ3v) is 7.53. The van der Waals surface area contributed by atoms with Crippen LogP contribution in [-0.4, -0.2) is 67.4 Å². The Hall–Kier alpha value is -2.32. The van der Waals surface area contributed by atoms with Gasteiger partial charge in [-0.2, -0.15) is 3.89 Å². The van der Waals surface area contributed by atoms with E-state index in [-0.39, 0.29) is 17.1 Å². The highest BCUT2D eigenvalue weighted by Crippen LogP contribution is 2.34. The van der Waals surface area contributed by atoms with Crippen molar-refractivity contribution >= 4 is 29.4 Å². The molecule has 178 valence electrons. The summed E-state index contributed by atoms with van der Waals surface area (Å²) in [5, 5.41) is 0.0421. The summed E-state index contributed by atoms with van der Waals surface area (Å²) in [5.74, 6) is 1.02. The van der Waals surface area contributed by atoms with E-state index in [4.69, 9.17) is 4.74 Å². The number of carbonyl (C=O) groups excluding carboxylic acids is 1. The number of methoxy groups -OCH3 is 1. The number of amides is 1. The van der Waals surface area contributed by atoms with E-state index in [2.05, 4.69) is 20.9 Å². The van der Waals surface area contributed by atoms with Crippen molar-refractivity contribution in [2.75, 3.05) is 56.2 Å². The molecule has 1 saturated heterocycles. The van der Waals surface area contributed by atoms with Gasteiger partial charge in [0.15, 0.2) is 0 Å². The van der Waals surface area contributed by atoms with E-state index >= 15 is 0 Å². The van der Waals surface area contributed by atoms with Crippen molar-refractivity contribution in [1.29, 1.82) is 0 Å². The van der Waals surface area contributed by atoms with Crippen LogP contribution in [0.3, 0.4) is 0 Å². The van der Waals surface area contributed by atoms with Crippen LogP contribution in [0.25, 0.3) is 0 Å². The summed E-state index contributed by atoms with van der Waals surface area (Å²) >= 11 is 0.441. The normalized spacial score (nSPS) is 21.6. The highest BCUT2D eigenvalue weighted by Gasteiger charge is 2.31. The van der Waals surface area contributed by atoms with Crippen LogP contribution in [0.5, 0.6) is 5.75 Å². The van der Waals surface area contributed by atoms with Gasteiger partial charge in [-0.3, -0.25) is 14.7 Å². The first-order chi connectivity index (χ1) is 16.2. The number of carbonyl (C=O) groups is 1. The molecule has 1 aromatic heterocycles. The smallest absolute Gasteiger partial charge is 0.230 e. The Bertz CT molecular complexity index is 887. The summed E-state index contributed by atoms with van der Waals surface area (Å²) in [4.78, 5) is 24.3. The fourth-order valence-electron chi connectivity index (χ4n) is 4.84. The number of anilines is 2. The van der Waals surface area contributed by atoms with E-state index < -0.39 is 0 Å². The quantitative estimate of drug-likeness (QED) is 0.567. The minimum Gasteiger partial charge on any atom is -0.495 e. The van der Waals surface area contributed by atoms with Crippen LogP contribution in [-0.2, 0) is 4.79 Å². The van der Waals surface area contributed by atoms with E-state index in [1.54, 1.807) is 19.5 Å². The zero-order chi connectivity index (χ0) is 23.0. The Morgan fingerprint density at radius 2 is 1.88 bits per heavy atom. The van der Waals surface area contributed by atoms with Gasteiger partial charge < -0.3 is 14.5 Å². The predicted molar refractivity (Wildman–Crippen MR) is 133 cm³/mol. The topological polar surface area (TPSA) is 48.9 Å². The molecule has 1 aliphatic heterocycles. The summed E-state index contributed by atoms with van der Waals surface area (Å²) in [7, 11) is 1.71. The lowest BCUT2D eigenvalue weighted by Gasteiger charge is -2.38. The van der Waals surface area contributed by atoms with Gasteiger partial charge in [0.1, 0.15) is 5.75 Å². The number of rotatable bonds is 8. The van der Waals surface area contributed by atoms with Crippen LogP contribution < -0.4 is 14.5 Å². The summed E-state index contributed by atoms with van der Waals surface area (Å²) < 4.78 is 18.5. The SMILES string of the molecule is COc1ccccc1N1CCN(CCN(C(=O)C2CCC(SF)CC2)c2cccnc2)CC1. The van der Waals surface area contributed by atoms with Gasteiger partial charge in [-0.15, -0.1) is 0 Å². The standard InChI is InChI=1S/C25H33FN4O2S/c1-32-24-7-3-2-6-23(24)29-16-13-28(14-17-29)15-18-30(21-5-4-12-27-19-21)25(31)20-8-10-22(33-26)11-9-20/h2-7,12,19-20,22H,8-11,13-18H2,1H3. The molecule has 2 heterocycles. The molecule has 2 aliphatic rings. The van der Waals surface area contributed by atoms with Crippen LogP contribution >= 0.6 is 12.1 Å². The van der Waals surface area contributed by atoms with Gasteiger partial charge in [-0.25, -0.2) is 0 Å². The van der Waals surface area contributed by atoms with Crippen LogP contribution in [0.4, 0.5) is 15.3 Å². The molecule has 0 N–H and O–H groups in total. The molecule has 0 unspecified atom stereocenters. The van der Waals surface area contributed by atoms with Crippen LogP contribution in [0.1, 0.15) is 25.7 Å². The Kier molecular flexibility index (Phi) is 8.45. The molecule has 33 heavy (non-hydrogen) atoms. The van der Waals surface area contributed by atoms with E-state index in [0.717, 1.165) is 75.5 Å². The average Bonchev–Trinajstić information content (AvgIpc) is 2.89. The van der Waals surface area contributed by atoms with Crippen molar-refractivity contribution < 1.29 is 13.4 Å². The third-order valence-electron chi connectivity index (χ3n) is 6.81. The fourth-order valence-corrected chi connectivity index (χ4v) is 5.29. The molecule has 8 heteroatoms. The van der Waals surface area contributed by atoms with E-state index in [1.165, 1.54) is 0 Å². The molecule has 1 aromatic carbocycles. The van der Waals surface area contributed by atoms with Crippen molar-refractivity contribution in [3.63, 3.8) is 0 Å². The van der Waals surface area contributed by atoms with Crippen molar-refractivity contribution in [3.05, 3.63) is 48.8 Å². The molecule has 1 saturated carbocycles. The Labute approximate surface area is 200 Å². The first-order valence-electron chi connectivity index (χ1n) is 11.8. The van der Waals surface area contributed by atoms with Crippen molar-refractivity contribution in [3.8, 4) is 5.75 Å². The number of aromatic nitrogens is 1. The summed E-state index contributed by atoms with van der Waals surface area (Å²) in [6, 6.07) is 12.0. The molecule has 1 amide bonds. The number of piperazine rings is 1. The molecule has 2 aromatic rings. The maximum absolute atomic E-state index is 13.4. The predicted octanol–water partition coefficient (Wildman–Crippen LogP) is 4.42. The Morgan fingerprint density at radius 3 is 2.55 bits per heavy atom. The average molecular weight is 473 g/mol. The number of nitrogens with zero attached hydrogens (tertiary/aromatic N) is 4. The second kappa shape index (κ2) is 11.7. The fraction of sp³-hybridized carbons (Fsp3) is 0.520. The lowest BCUT2D eigenvalue weighted by atomic mass is 9.87. The number of halogens is 1. The first kappa shape index (κ1) is 23.8. The molecule has 0 spiro atoms. The number of ether oxygens (including phenoxy) is 1. The minimum absolute atomic E-state index is 0.0315. The maximum atomic E-state index is 13.4. The minimum atomic E-state index is -0.0315. The highest BCUT2D eigenvalue weighted by molar-refractivity contribution is 7.94. The summed E-state index contributed by atoms with van der Waals surface area (Å²) in [5.41, 5.74) is 1.98. The highest BCUT2D eigenvalue weighted by atomic mass is 32.2. The lowest BCUT2D eigenvalue weighted by molar-refractivity contribution is -0.123. The van der Waals surface area contributed by atoms with Gasteiger partial charge in [-0.05, 0) is 49.9 Å². The third kappa shape index (κ3) is 5.98. The zero-order valence-corrected chi connectivity index (χ0v) is 20.1. The summed E-state index contributed by atoms with van der Waals surface area (Å²) in [6.45, 7) is 5.17. The second-order valence-electron chi connectivity index (χ2n) is 8.76. The van der Waals surface area contributed by atoms with Crippen molar-refractivity contribution in [2.24, 2.45) is 5.92 Å². The number of hydrogen-bond donors (Lipinski definition) is 0. The van der Waals surface area contributed by atoms with Gasteiger partial charge in [-0.1, -0.05) is 12.1 Å². The van der Waals surface area contributed by atoms with E-state index in [1.807, 2.05) is 35.2 Å². The number of benzene rings is 1. The van der Waals surface area contributed by atoms with Gasteiger partial charge in [0, 0.05) is 68.8 Å². The summed E-state index contributed by atoms with van der Waals surface area (Å²) in [6.07, 6.45) is 6.55.